The third-order valence-corrected chi connectivity index (χ3v) is 9.43. The van der Waals surface area contributed by atoms with Crippen LogP contribution in [0.5, 0.6) is 5.75 Å². The van der Waals surface area contributed by atoms with Gasteiger partial charge in [-0.2, -0.15) is 0 Å². The van der Waals surface area contributed by atoms with Gasteiger partial charge in [0.05, 0.1) is 22.6 Å². The zero-order valence-corrected chi connectivity index (χ0v) is 26.9. The molecule has 0 aliphatic carbocycles. The Bertz CT molecular complexity index is 1600. The summed E-state index contributed by atoms with van der Waals surface area (Å²) in [5, 5.41) is 14.9. The second kappa shape index (κ2) is 15.0. The molecule has 2 amide bonds. The van der Waals surface area contributed by atoms with Crippen LogP contribution in [0.15, 0.2) is 71.6 Å². The van der Waals surface area contributed by atoms with E-state index in [1.54, 1.807) is 31.2 Å². The van der Waals surface area contributed by atoms with Gasteiger partial charge >= 0.3 is 0 Å². The van der Waals surface area contributed by atoms with Gasteiger partial charge in [-0.15, -0.1) is 0 Å². The summed E-state index contributed by atoms with van der Waals surface area (Å²) in [7, 11) is -3.06. The normalized spacial score (nSPS) is 12.6. The van der Waals surface area contributed by atoms with Gasteiger partial charge < -0.3 is 15.0 Å². The van der Waals surface area contributed by atoms with Crippen LogP contribution in [0.2, 0.25) is 5.02 Å². The van der Waals surface area contributed by atoms with Crippen molar-refractivity contribution in [2.45, 2.75) is 64.1 Å². The smallest absolute Gasteiger partial charge is 0.273 e. The number of sulfonamides is 1. The number of nitrogens with zero attached hydrogens (tertiary/aromatic N) is 3. The van der Waals surface area contributed by atoms with E-state index < -0.39 is 33.4 Å². The van der Waals surface area contributed by atoms with Crippen molar-refractivity contribution >= 4 is 44.8 Å². The second-order valence-corrected chi connectivity index (χ2v) is 12.5. The summed E-state index contributed by atoms with van der Waals surface area (Å²) in [6, 6.07) is 15.4. The predicted molar refractivity (Wildman–Crippen MR) is 169 cm³/mol. The van der Waals surface area contributed by atoms with Gasteiger partial charge in [0, 0.05) is 29.2 Å². The number of amides is 2. The van der Waals surface area contributed by atoms with Crippen molar-refractivity contribution < 1.29 is 27.7 Å². The first-order valence-corrected chi connectivity index (χ1v) is 15.9. The van der Waals surface area contributed by atoms with Gasteiger partial charge in [-0.1, -0.05) is 49.7 Å². The van der Waals surface area contributed by atoms with Gasteiger partial charge in [-0.3, -0.25) is 24.0 Å². The highest BCUT2D eigenvalue weighted by molar-refractivity contribution is 7.92. The minimum atomic E-state index is -4.52. The monoisotopic (exact) mass is 644 g/mol. The average molecular weight is 645 g/mol. The third-order valence-electron chi connectivity index (χ3n) is 7.29. The van der Waals surface area contributed by atoms with Crippen molar-refractivity contribution in [3.8, 4) is 5.75 Å². The van der Waals surface area contributed by atoms with E-state index in [-0.39, 0.29) is 46.7 Å². The van der Waals surface area contributed by atoms with Crippen LogP contribution in [0, 0.1) is 17.0 Å². The van der Waals surface area contributed by atoms with Crippen molar-refractivity contribution in [2.24, 2.45) is 0 Å². The van der Waals surface area contributed by atoms with Crippen molar-refractivity contribution in [3.05, 3.63) is 93.0 Å². The van der Waals surface area contributed by atoms with Crippen LogP contribution in [-0.2, 0) is 26.2 Å². The molecule has 0 saturated heterocycles. The molecule has 236 valence electrons. The number of anilines is 1. The molecule has 0 aliphatic rings. The first-order chi connectivity index (χ1) is 20.8. The molecule has 0 aromatic heterocycles. The molecule has 0 spiro atoms. The third kappa shape index (κ3) is 8.06. The van der Waals surface area contributed by atoms with Crippen LogP contribution in [0.4, 0.5) is 11.4 Å². The lowest BCUT2D eigenvalue weighted by atomic mass is 10.1. The summed E-state index contributed by atoms with van der Waals surface area (Å²) in [6.45, 7) is 6.28. The molecular formula is C31H37ClN4O7S. The zero-order chi connectivity index (χ0) is 32.6. The van der Waals surface area contributed by atoms with Crippen LogP contribution in [0.25, 0.3) is 0 Å². The number of rotatable bonds is 14. The Hall–Kier alpha value is -4.16. The molecule has 0 heterocycles. The highest BCUT2D eigenvalue weighted by atomic mass is 35.5. The fourth-order valence-electron chi connectivity index (χ4n) is 4.52. The first-order valence-electron chi connectivity index (χ1n) is 14.1. The number of benzene rings is 3. The lowest BCUT2D eigenvalue weighted by Crippen LogP contribution is -2.53. The van der Waals surface area contributed by atoms with Crippen LogP contribution in [-0.4, -0.2) is 55.8 Å². The maximum Gasteiger partial charge on any atom is 0.273 e. The molecule has 11 nitrogen and oxygen atoms in total. The van der Waals surface area contributed by atoms with Gasteiger partial charge in [0.25, 0.3) is 15.7 Å². The van der Waals surface area contributed by atoms with E-state index in [4.69, 9.17) is 16.3 Å². The molecule has 0 unspecified atom stereocenters. The van der Waals surface area contributed by atoms with Gasteiger partial charge in [-0.25, -0.2) is 8.42 Å². The summed E-state index contributed by atoms with van der Waals surface area (Å²) >= 11 is 6.43. The number of nitro benzene ring substituents is 1. The summed E-state index contributed by atoms with van der Waals surface area (Å²) in [6.07, 6.45) is 0.921. The van der Waals surface area contributed by atoms with Gasteiger partial charge in [0.15, 0.2) is 0 Å². The lowest BCUT2D eigenvalue weighted by molar-refractivity contribution is -0.385. The van der Waals surface area contributed by atoms with Crippen molar-refractivity contribution in [2.75, 3.05) is 18.0 Å². The molecule has 3 aromatic carbocycles. The number of hydrogen-bond acceptors (Lipinski definition) is 7. The number of halogens is 1. The van der Waals surface area contributed by atoms with E-state index in [0.717, 1.165) is 10.4 Å². The number of nitro groups is 1. The topological polar surface area (TPSA) is 139 Å². The molecule has 0 bridgehead atoms. The fraction of sp³-hybridized carbons (Fsp3) is 0.355. The Labute approximate surface area is 263 Å². The molecule has 3 rings (SSSR count). The fourth-order valence-corrected chi connectivity index (χ4v) is 6.15. The molecule has 0 radical (unpaired) electrons. The molecular weight excluding hydrogens is 608 g/mol. The Morgan fingerprint density at radius 3 is 2.27 bits per heavy atom. The Kier molecular flexibility index (Phi) is 11.7. The van der Waals surface area contributed by atoms with Crippen molar-refractivity contribution in [3.63, 3.8) is 0 Å². The van der Waals surface area contributed by atoms with Crippen LogP contribution >= 0.6 is 11.6 Å². The molecule has 13 heteroatoms. The predicted octanol–water partition coefficient (Wildman–Crippen LogP) is 5.48. The minimum Gasteiger partial charge on any atom is -0.497 e. The standard InChI is InChI=1S/C31H37ClN4O7S/c1-6-22(4)33-31(38)28(7-2)34(19-23-10-8-9-11-27(23)32)30(37)20-35(24-13-15-25(43-5)16-14-24)44(41,42)26-17-12-21(3)29(18-26)36(39)40/h8-18,22,28H,6-7,19-20H2,1-5H3,(H,33,38)/t22-,28-/m1/s1. The Morgan fingerprint density at radius 2 is 1.70 bits per heavy atom. The molecule has 2 atom stereocenters. The van der Waals surface area contributed by atoms with E-state index in [1.807, 2.05) is 13.8 Å². The average Bonchev–Trinajstić information content (AvgIpc) is 3.00. The molecule has 0 aliphatic heterocycles. The number of carbonyl (C=O) groups is 2. The van der Waals surface area contributed by atoms with Gasteiger partial charge in [-0.05, 0) is 68.7 Å². The van der Waals surface area contributed by atoms with Crippen LogP contribution in [0.3, 0.4) is 0 Å². The summed E-state index contributed by atoms with van der Waals surface area (Å²) in [5.74, 6) is -0.594. The van der Waals surface area contributed by atoms with Crippen molar-refractivity contribution in [1.82, 2.24) is 10.2 Å². The number of carbonyl (C=O) groups excluding carboxylic acids is 2. The summed E-state index contributed by atoms with van der Waals surface area (Å²) in [4.78, 5) is 39.5. The Morgan fingerprint density at radius 1 is 1.05 bits per heavy atom. The maximum absolute atomic E-state index is 14.2. The van der Waals surface area contributed by atoms with E-state index in [2.05, 4.69) is 5.32 Å². The van der Waals surface area contributed by atoms with E-state index in [9.17, 15) is 28.1 Å². The van der Waals surface area contributed by atoms with Gasteiger partial charge in [0.1, 0.15) is 18.3 Å². The summed E-state index contributed by atoms with van der Waals surface area (Å²) < 4.78 is 34.3. The van der Waals surface area contributed by atoms with E-state index >= 15 is 0 Å². The number of hydrogen-bond donors (Lipinski definition) is 1. The number of ether oxygens (including phenoxy) is 1. The molecule has 3 aromatic rings. The minimum absolute atomic E-state index is 0.0581. The van der Waals surface area contributed by atoms with Crippen LogP contribution < -0.4 is 14.4 Å². The zero-order valence-electron chi connectivity index (χ0n) is 25.3. The molecule has 1 N–H and O–H groups in total. The quantitative estimate of drug-likeness (QED) is 0.181. The number of nitrogens with one attached hydrogen (secondary N) is 1. The Balaban J connectivity index is 2.13. The number of methoxy groups -OCH3 is 1. The summed E-state index contributed by atoms with van der Waals surface area (Å²) in [5.41, 5.74) is 0.604. The van der Waals surface area contributed by atoms with Crippen LogP contribution in [0.1, 0.15) is 44.7 Å². The largest absolute Gasteiger partial charge is 0.497 e. The maximum atomic E-state index is 14.2. The van der Waals surface area contributed by atoms with Gasteiger partial charge in [0.2, 0.25) is 11.8 Å². The molecule has 0 saturated carbocycles. The second-order valence-electron chi connectivity index (χ2n) is 10.3. The van der Waals surface area contributed by atoms with E-state index in [1.165, 1.54) is 55.3 Å². The molecule has 0 fully saturated rings. The highest BCUT2D eigenvalue weighted by Crippen LogP contribution is 2.30. The van der Waals surface area contributed by atoms with E-state index in [0.29, 0.717) is 22.8 Å². The molecule has 44 heavy (non-hydrogen) atoms. The SMILES string of the molecule is CC[C@@H](C)NC(=O)[C@@H](CC)N(Cc1ccccc1Cl)C(=O)CN(c1ccc(OC)cc1)S(=O)(=O)c1ccc(C)c([N+](=O)[O-])c1. The highest BCUT2D eigenvalue weighted by Gasteiger charge is 2.35. The first kappa shape index (κ1) is 34.3. The number of aryl methyl sites for hydroxylation is 1. The van der Waals surface area contributed by atoms with Crippen molar-refractivity contribution in [1.29, 1.82) is 0 Å². The lowest BCUT2D eigenvalue weighted by Gasteiger charge is -2.34.